The minimum Gasteiger partial charge on any atom is -0.508 e. The van der Waals surface area contributed by atoms with Crippen molar-refractivity contribution in [2.75, 3.05) is 13.1 Å². The molecule has 96 valence electrons. The minimum absolute atomic E-state index is 0.0557. The summed E-state index contributed by atoms with van der Waals surface area (Å²) in [7, 11) is 0. The fourth-order valence-corrected chi connectivity index (χ4v) is 1.54. The molecule has 1 rings (SSSR count). The van der Waals surface area contributed by atoms with E-state index in [2.05, 4.69) is 16.7 Å². The molecule has 0 aromatic heterocycles. The Morgan fingerprint density at radius 3 is 2.89 bits per heavy atom. The predicted molar refractivity (Wildman–Crippen MR) is 67.8 cm³/mol. The van der Waals surface area contributed by atoms with Gasteiger partial charge in [0.1, 0.15) is 11.8 Å². The van der Waals surface area contributed by atoms with Crippen LogP contribution < -0.4 is 10.6 Å². The van der Waals surface area contributed by atoms with Crippen molar-refractivity contribution in [2.24, 2.45) is 0 Å². The van der Waals surface area contributed by atoms with Crippen molar-refractivity contribution < 1.29 is 9.90 Å². The fourth-order valence-electron chi connectivity index (χ4n) is 1.54. The molecule has 0 aliphatic carbocycles. The molecule has 1 atom stereocenters. The Bertz CT molecular complexity index is 440. The number of nitrogens with zero attached hydrogens (tertiary/aromatic N) is 1. The number of aromatic hydroxyl groups is 1. The van der Waals surface area contributed by atoms with Gasteiger partial charge in [-0.1, -0.05) is 12.1 Å². The van der Waals surface area contributed by atoms with Crippen molar-refractivity contribution in [3.05, 3.63) is 29.8 Å². The number of nitrogens with one attached hydrogen (secondary N) is 2. The maximum absolute atomic E-state index is 10.6. The van der Waals surface area contributed by atoms with Gasteiger partial charge in [0.05, 0.1) is 6.07 Å². The number of carbonyl (C=O) groups excluding carboxylic acids is 1. The average Bonchev–Trinajstić information content (AvgIpc) is 2.33. The minimum atomic E-state index is -0.450. The summed E-state index contributed by atoms with van der Waals surface area (Å²) in [6.45, 7) is 2.67. The maximum Gasteiger partial charge on any atom is 0.216 e. The monoisotopic (exact) mass is 247 g/mol. The predicted octanol–water partition coefficient (Wildman–Crippen LogP) is 1.07. The number of phenolic OH excluding ortho intramolecular Hbond substituents is 1. The highest BCUT2D eigenvalue weighted by Crippen LogP contribution is 2.17. The second-order valence-electron chi connectivity index (χ2n) is 3.95. The van der Waals surface area contributed by atoms with Crippen molar-refractivity contribution in [3.63, 3.8) is 0 Å². The van der Waals surface area contributed by atoms with Crippen LogP contribution in [0.1, 0.15) is 24.9 Å². The van der Waals surface area contributed by atoms with Crippen LogP contribution in [0.2, 0.25) is 0 Å². The summed E-state index contributed by atoms with van der Waals surface area (Å²) in [6.07, 6.45) is 0.747. The quantitative estimate of drug-likeness (QED) is 0.656. The van der Waals surface area contributed by atoms with Crippen LogP contribution in [0.3, 0.4) is 0 Å². The van der Waals surface area contributed by atoms with Crippen LogP contribution in [0, 0.1) is 11.3 Å². The number of rotatable bonds is 6. The number of hydrogen-bond acceptors (Lipinski definition) is 4. The van der Waals surface area contributed by atoms with Gasteiger partial charge in [-0.25, -0.2) is 0 Å². The second kappa shape index (κ2) is 7.30. The second-order valence-corrected chi connectivity index (χ2v) is 3.95. The number of phenols is 1. The van der Waals surface area contributed by atoms with Crippen LogP contribution in [-0.4, -0.2) is 24.1 Å². The molecule has 1 aromatic carbocycles. The van der Waals surface area contributed by atoms with Gasteiger partial charge in [0.15, 0.2) is 0 Å². The van der Waals surface area contributed by atoms with Crippen molar-refractivity contribution in [1.82, 2.24) is 10.6 Å². The summed E-state index contributed by atoms with van der Waals surface area (Å²) in [5.41, 5.74) is 0.733. The molecular weight excluding hydrogens is 230 g/mol. The molecule has 3 N–H and O–H groups in total. The average molecular weight is 247 g/mol. The summed E-state index contributed by atoms with van der Waals surface area (Å²) in [6, 6.07) is 8.30. The Balaban J connectivity index is 2.39. The first-order valence-electron chi connectivity index (χ1n) is 5.80. The topological polar surface area (TPSA) is 85.2 Å². The molecule has 0 spiro atoms. The van der Waals surface area contributed by atoms with Gasteiger partial charge in [-0.3, -0.25) is 10.1 Å². The number of amides is 1. The Hall–Kier alpha value is -2.06. The Morgan fingerprint density at radius 2 is 2.28 bits per heavy atom. The highest BCUT2D eigenvalue weighted by molar-refractivity contribution is 5.72. The smallest absolute Gasteiger partial charge is 0.216 e. The van der Waals surface area contributed by atoms with Gasteiger partial charge < -0.3 is 10.4 Å². The molecule has 0 bridgehead atoms. The van der Waals surface area contributed by atoms with Gasteiger partial charge in [-0.05, 0) is 30.7 Å². The largest absolute Gasteiger partial charge is 0.508 e. The van der Waals surface area contributed by atoms with Crippen LogP contribution in [0.25, 0.3) is 0 Å². The molecule has 0 aliphatic rings. The van der Waals surface area contributed by atoms with Crippen molar-refractivity contribution in [3.8, 4) is 11.8 Å². The Kier molecular flexibility index (Phi) is 5.68. The number of benzene rings is 1. The van der Waals surface area contributed by atoms with E-state index < -0.39 is 6.04 Å². The number of nitriles is 1. The van der Waals surface area contributed by atoms with Crippen LogP contribution in [0.4, 0.5) is 0 Å². The molecule has 5 heteroatoms. The lowest BCUT2D eigenvalue weighted by molar-refractivity contribution is -0.118. The zero-order valence-electron chi connectivity index (χ0n) is 10.3. The molecular formula is C13H17N3O2. The third-order valence-electron chi connectivity index (χ3n) is 2.41. The normalized spacial score (nSPS) is 11.6. The zero-order chi connectivity index (χ0) is 13.4. The summed E-state index contributed by atoms with van der Waals surface area (Å²) in [5, 5.41) is 24.1. The lowest BCUT2D eigenvalue weighted by atomic mass is 10.1. The van der Waals surface area contributed by atoms with E-state index in [0.717, 1.165) is 12.0 Å². The van der Waals surface area contributed by atoms with Crippen LogP contribution >= 0.6 is 0 Å². The van der Waals surface area contributed by atoms with Crippen LogP contribution in [-0.2, 0) is 4.79 Å². The van der Waals surface area contributed by atoms with E-state index in [9.17, 15) is 9.90 Å². The molecule has 0 saturated heterocycles. The van der Waals surface area contributed by atoms with Gasteiger partial charge in [-0.15, -0.1) is 0 Å². The lowest BCUT2D eigenvalue weighted by Gasteiger charge is -2.12. The highest BCUT2D eigenvalue weighted by Gasteiger charge is 2.09. The maximum atomic E-state index is 10.6. The van der Waals surface area contributed by atoms with Gasteiger partial charge >= 0.3 is 0 Å². The highest BCUT2D eigenvalue weighted by atomic mass is 16.3. The van der Waals surface area contributed by atoms with E-state index in [1.54, 1.807) is 24.3 Å². The molecule has 1 amide bonds. The van der Waals surface area contributed by atoms with E-state index in [1.165, 1.54) is 6.92 Å². The third kappa shape index (κ3) is 4.85. The molecule has 1 unspecified atom stereocenters. The van der Waals surface area contributed by atoms with Gasteiger partial charge in [-0.2, -0.15) is 5.26 Å². The Labute approximate surface area is 106 Å². The number of hydrogen-bond donors (Lipinski definition) is 3. The van der Waals surface area contributed by atoms with Crippen molar-refractivity contribution >= 4 is 5.91 Å². The zero-order valence-corrected chi connectivity index (χ0v) is 10.3. The molecule has 0 radical (unpaired) electrons. The fraction of sp³-hybridized carbons (Fsp3) is 0.385. The van der Waals surface area contributed by atoms with E-state index in [4.69, 9.17) is 5.26 Å². The molecule has 0 fully saturated rings. The molecule has 18 heavy (non-hydrogen) atoms. The number of carbonyl (C=O) groups is 1. The summed E-state index contributed by atoms with van der Waals surface area (Å²) < 4.78 is 0. The van der Waals surface area contributed by atoms with Crippen molar-refractivity contribution in [1.29, 1.82) is 5.26 Å². The molecule has 0 aliphatic heterocycles. The summed E-state index contributed by atoms with van der Waals surface area (Å²) in [4.78, 5) is 10.6. The molecule has 1 aromatic rings. The standard InChI is InChI=1S/C13H17N3O2/c1-10(17)15-6-3-7-16-13(9-14)11-4-2-5-12(18)8-11/h2,4-5,8,13,16,18H,3,6-7H2,1H3,(H,15,17). The summed E-state index contributed by atoms with van der Waals surface area (Å²) >= 11 is 0. The molecule has 0 heterocycles. The van der Waals surface area contributed by atoms with Gasteiger partial charge in [0.2, 0.25) is 5.91 Å². The first-order valence-corrected chi connectivity index (χ1v) is 5.80. The lowest BCUT2D eigenvalue weighted by Crippen LogP contribution is -2.27. The SMILES string of the molecule is CC(=O)NCCCNC(C#N)c1cccc(O)c1. The van der Waals surface area contributed by atoms with Crippen molar-refractivity contribution in [2.45, 2.75) is 19.4 Å². The first-order chi connectivity index (χ1) is 8.63. The van der Waals surface area contributed by atoms with E-state index in [-0.39, 0.29) is 11.7 Å². The van der Waals surface area contributed by atoms with Gasteiger partial charge in [0.25, 0.3) is 0 Å². The van der Waals surface area contributed by atoms with E-state index in [1.807, 2.05) is 0 Å². The van der Waals surface area contributed by atoms with Crippen LogP contribution in [0.5, 0.6) is 5.75 Å². The van der Waals surface area contributed by atoms with Crippen LogP contribution in [0.15, 0.2) is 24.3 Å². The van der Waals surface area contributed by atoms with E-state index in [0.29, 0.717) is 13.1 Å². The van der Waals surface area contributed by atoms with Gasteiger partial charge in [0, 0.05) is 13.5 Å². The first kappa shape index (κ1) is 14.0. The molecule has 0 saturated carbocycles. The molecule has 5 nitrogen and oxygen atoms in total. The summed E-state index contributed by atoms with van der Waals surface area (Å²) in [5.74, 6) is 0.0904. The Morgan fingerprint density at radius 1 is 1.50 bits per heavy atom. The third-order valence-corrected chi connectivity index (χ3v) is 2.41. The van der Waals surface area contributed by atoms with E-state index >= 15 is 0 Å².